The van der Waals surface area contributed by atoms with Gasteiger partial charge in [-0.15, -0.1) is 5.10 Å². The lowest BCUT2D eigenvalue weighted by Gasteiger charge is -2.33. The normalized spacial score (nSPS) is 18.1. The molecule has 0 aromatic carbocycles. The van der Waals surface area contributed by atoms with Gasteiger partial charge in [0, 0.05) is 44.6 Å². The van der Waals surface area contributed by atoms with Gasteiger partial charge in [0.1, 0.15) is 5.82 Å². The van der Waals surface area contributed by atoms with Gasteiger partial charge in [-0.3, -0.25) is 14.5 Å². The predicted octanol–water partition coefficient (Wildman–Crippen LogP) is 1.00. The van der Waals surface area contributed by atoms with Crippen LogP contribution in [0.25, 0.3) is 0 Å². The molecule has 1 fully saturated rings. The molecule has 2 aromatic rings. The largest absolute Gasteiger partial charge is 0.481 e. The minimum atomic E-state index is -0.813. The van der Waals surface area contributed by atoms with Gasteiger partial charge in [0.2, 0.25) is 0 Å². The Morgan fingerprint density at radius 2 is 2.30 bits per heavy atom. The van der Waals surface area contributed by atoms with Gasteiger partial charge in [-0.2, -0.15) is 0 Å². The molecule has 0 saturated carbocycles. The average Bonchev–Trinajstić information content (AvgIpc) is 3.01. The van der Waals surface area contributed by atoms with Crippen LogP contribution >= 0.6 is 0 Å². The van der Waals surface area contributed by atoms with Gasteiger partial charge in [-0.1, -0.05) is 5.21 Å². The first-order valence-corrected chi connectivity index (χ1v) is 7.82. The highest BCUT2D eigenvalue weighted by molar-refractivity contribution is 5.66. The maximum absolute atomic E-state index is 10.6. The van der Waals surface area contributed by atoms with E-state index in [4.69, 9.17) is 5.11 Å². The number of rotatable bonds is 6. The zero-order valence-electron chi connectivity index (χ0n) is 12.9. The van der Waals surface area contributed by atoms with Gasteiger partial charge < -0.3 is 10.0 Å². The van der Waals surface area contributed by atoms with Gasteiger partial charge in [-0.25, -0.2) is 4.98 Å². The SMILES string of the molecule is O=C(O)CCc1cn(C[C@@H]2CCCN(c3cnccn3)C2)nn1. The first-order chi connectivity index (χ1) is 11.2. The number of hydrogen-bond acceptors (Lipinski definition) is 6. The number of anilines is 1. The van der Waals surface area contributed by atoms with Gasteiger partial charge in [0.25, 0.3) is 0 Å². The van der Waals surface area contributed by atoms with E-state index in [2.05, 4.69) is 25.2 Å². The Morgan fingerprint density at radius 3 is 3.09 bits per heavy atom. The van der Waals surface area contributed by atoms with Crippen LogP contribution in [0, 0.1) is 5.92 Å². The van der Waals surface area contributed by atoms with Crippen molar-refractivity contribution in [1.82, 2.24) is 25.0 Å². The van der Waals surface area contributed by atoms with Crippen molar-refractivity contribution in [2.24, 2.45) is 5.92 Å². The fourth-order valence-electron chi connectivity index (χ4n) is 2.92. The summed E-state index contributed by atoms with van der Waals surface area (Å²) in [4.78, 5) is 21.3. The summed E-state index contributed by atoms with van der Waals surface area (Å²) in [6, 6.07) is 0. The summed E-state index contributed by atoms with van der Waals surface area (Å²) in [5.74, 6) is 0.573. The highest BCUT2D eigenvalue weighted by Gasteiger charge is 2.21. The first kappa shape index (κ1) is 15.4. The van der Waals surface area contributed by atoms with E-state index in [0.717, 1.165) is 44.0 Å². The van der Waals surface area contributed by atoms with E-state index in [9.17, 15) is 4.79 Å². The third-order valence-corrected chi connectivity index (χ3v) is 4.02. The van der Waals surface area contributed by atoms with Crippen LogP contribution in [0.3, 0.4) is 0 Å². The molecule has 0 unspecified atom stereocenters. The van der Waals surface area contributed by atoms with Crippen LogP contribution < -0.4 is 4.90 Å². The highest BCUT2D eigenvalue weighted by Crippen LogP contribution is 2.22. The van der Waals surface area contributed by atoms with Crippen molar-refractivity contribution in [3.63, 3.8) is 0 Å². The second-order valence-electron chi connectivity index (χ2n) is 5.84. The van der Waals surface area contributed by atoms with Crippen molar-refractivity contribution in [1.29, 1.82) is 0 Å². The maximum Gasteiger partial charge on any atom is 0.303 e. The van der Waals surface area contributed by atoms with E-state index < -0.39 is 5.97 Å². The predicted molar refractivity (Wildman–Crippen MR) is 82.9 cm³/mol. The van der Waals surface area contributed by atoms with Crippen molar-refractivity contribution in [2.45, 2.75) is 32.2 Å². The zero-order valence-corrected chi connectivity index (χ0v) is 12.9. The Balaban J connectivity index is 1.56. The summed E-state index contributed by atoms with van der Waals surface area (Å²) in [5, 5.41) is 16.9. The van der Waals surface area contributed by atoms with Crippen LogP contribution in [0.2, 0.25) is 0 Å². The smallest absolute Gasteiger partial charge is 0.303 e. The molecule has 0 spiro atoms. The van der Waals surface area contributed by atoms with E-state index in [0.29, 0.717) is 12.3 Å². The molecule has 3 heterocycles. The molecule has 23 heavy (non-hydrogen) atoms. The number of aryl methyl sites for hydroxylation is 1. The molecule has 1 N–H and O–H groups in total. The van der Waals surface area contributed by atoms with Crippen molar-refractivity contribution in [3.8, 4) is 0 Å². The molecule has 3 rings (SSSR count). The third-order valence-electron chi connectivity index (χ3n) is 4.02. The van der Waals surface area contributed by atoms with Crippen molar-refractivity contribution in [3.05, 3.63) is 30.5 Å². The highest BCUT2D eigenvalue weighted by atomic mass is 16.4. The van der Waals surface area contributed by atoms with Crippen LogP contribution in [0.5, 0.6) is 0 Å². The zero-order chi connectivity index (χ0) is 16.1. The molecule has 0 bridgehead atoms. The van der Waals surface area contributed by atoms with Gasteiger partial charge in [0.05, 0.1) is 18.3 Å². The number of carbonyl (C=O) groups is 1. The summed E-state index contributed by atoms with van der Waals surface area (Å²) in [7, 11) is 0. The molecule has 1 atom stereocenters. The van der Waals surface area contributed by atoms with E-state index in [1.54, 1.807) is 18.6 Å². The molecule has 122 valence electrons. The topological polar surface area (TPSA) is 97.0 Å². The summed E-state index contributed by atoms with van der Waals surface area (Å²) >= 11 is 0. The van der Waals surface area contributed by atoms with E-state index in [1.807, 2.05) is 10.9 Å². The molecule has 0 radical (unpaired) electrons. The number of piperidine rings is 1. The number of nitrogens with zero attached hydrogens (tertiary/aromatic N) is 6. The van der Waals surface area contributed by atoms with Crippen molar-refractivity contribution < 1.29 is 9.90 Å². The Labute approximate surface area is 134 Å². The van der Waals surface area contributed by atoms with Crippen LogP contribution in [-0.2, 0) is 17.8 Å². The van der Waals surface area contributed by atoms with Gasteiger partial charge in [0.15, 0.2) is 0 Å². The molecule has 1 aliphatic rings. The minimum Gasteiger partial charge on any atom is -0.481 e. The van der Waals surface area contributed by atoms with E-state index in [-0.39, 0.29) is 6.42 Å². The molecule has 8 heteroatoms. The van der Waals surface area contributed by atoms with Gasteiger partial charge >= 0.3 is 5.97 Å². The molecule has 2 aromatic heterocycles. The Bertz CT molecular complexity index is 644. The Morgan fingerprint density at radius 1 is 1.39 bits per heavy atom. The molecule has 0 amide bonds. The maximum atomic E-state index is 10.6. The summed E-state index contributed by atoms with van der Waals surface area (Å²) in [5.41, 5.74) is 0.731. The standard InChI is InChI=1S/C15H20N6O2/c22-15(23)4-3-13-11-21(19-18-13)10-12-2-1-7-20(9-12)14-8-16-5-6-17-14/h5-6,8,11-12H,1-4,7,9-10H2,(H,22,23)/t12-/m1/s1. The lowest BCUT2D eigenvalue weighted by Crippen LogP contribution is -2.37. The van der Waals surface area contributed by atoms with Crippen LogP contribution in [-0.4, -0.2) is 49.1 Å². The van der Waals surface area contributed by atoms with Crippen molar-refractivity contribution >= 4 is 11.8 Å². The number of aromatic nitrogens is 5. The monoisotopic (exact) mass is 316 g/mol. The lowest BCUT2D eigenvalue weighted by atomic mass is 9.98. The van der Waals surface area contributed by atoms with Gasteiger partial charge in [-0.05, 0) is 18.8 Å². The number of carboxylic acids is 1. The minimum absolute atomic E-state index is 0.0859. The summed E-state index contributed by atoms with van der Waals surface area (Å²) in [6.45, 7) is 2.70. The fraction of sp³-hybridized carbons (Fsp3) is 0.533. The molecule has 1 aliphatic heterocycles. The Hall–Kier alpha value is -2.51. The lowest BCUT2D eigenvalue weighted by molar-refractivity contribution is -0.136. The number of aliphatic carboxylic acids is 1. The van der Waals surface area contributed by atoms with Crippen LogP contribution in [0.15, 0.2) is 24.8 Å². The summed E-state index contributed by atoms with van der Waals surface area (Å²) < 4.78 is 1.82. The Kier molecular flexibility index (Phi) is 4.80. The fourth-order valence-corrected chi connectivity index (χ4v) is 2.92. The molecule has 1 saturated heterocycles. The van der Waals surface area contributed by atoms with Crippen LogP contribution in [0.1, 0.15) is 25.0 Å². The van der Waals surface area contributed by atoms with E-state index in [1.165, 1.54) is 0 Å². The quantitative estimate of drug-likeness (QED) is 0.849. The molecular weight excluding hydrogens is 296 g/mol. The third kappa shape index (κ3) is 4.24. The molecule has 0 aliphatic carbocycles. The second-order valence-corrected chi connectivity index (χ2v) is 5.84. The second kappa shape index (κ2) is 7.17. The number of hydrogen-bond donors (Lipinski definition) is 1. The molecular formula is C15H20N6O2. The number of carboxylic acid groups (broad SMARTS) is 1. The van der Waals surface area contributed by atoms with Crippen molar-refractivity contribution in [2.75, 3.05) is 18.0 Å². The molecule has 8 nitrogen and oxygen atoms in total. The van der Waals surface area contributed by atoms with E-state index >= 15 is 0 Å². The first-order valence-electron chi connectivity index (χ1n) is 7.82. The van der Waals surface area contributed by atoms with Crippen LogP contribution in [0.4, 0.5) is 5.82 Å². The summed E-state index contributed by atoms with van der Waals surface area (Å²) in [6.07, 6.45) is 9.80. The average molecular weight is 316 g/mol.